The number of nitrogens with one attached hydrogen (secondary N) is 1. The Kier molecular flexibility index (Phi) is 7.71. The molecular formula is C15H23FN2O3. The Morgan fingerprint density at radius 1 is 1.29 bits per heavy atom. The van der Waals surface area contributed by atoms with Crippen molar-refractivity contribution in [3.05, 3.63) is 29.1 Å². The summed E-state index contributed by atoms with van der Waals surface area (Å²) in [5.41, 5.74) is 6.53. The fraction of sp³-hybridized carbons (Fsp3) is 0.533. The number of amides is 1. The number of unbranched alkanes of at least 4 members (excludes halogenated alkanes) is 1. The van der Waals surface area contributed by atoms with Crippen LogP contribution in [0.25, 0.3) is 0 Å². The Labute approximate surface area is 124 Å². The summed E-state index contributed by atoms with van der Waals surface area (Å²) in [4.78, 5) is 11.9. The summed E-state index contributed by atoms with van der Waals surface area (Å²) in [6.07, 6.45) is 1.64. The van der Waals surface area contributed by atoms with Crippen LogP contribution in [0.15, 0.2) is 12.1 Å². The lowest BCUT2D eigenvalue weighted by molar-refractivity contribution is 0.0686. The third-order valence-electron chi connectivity index (χ3n) is 3.08. The van der Waals surface area contributed by atoms with Crippen molar-refractivity contribution in [1.29, 1.82) is 0 Å². The monoisotopic (exact) mass is 298 g/mol. The zero-order valence-corrected chi connectivity index (χ0v) is 12.6. The van der Waals surface area contributed by atoms with Gasteiger partial charge in [0.1, 0.15) is 5.82 Å². The topological polar surface area (TPSA) is 73.6 Å². The Morgan fingerprint density at radius 2 is 2.05 bits per heavy atom. The fourth-order valence-electron chi connectivity index (χ4n) is 1.71. The molecule has 0 saturated carbocycles. The van der Waals surface area contributed by atoms with Gasteiger partial charge in [-0.05, 0) is 31.9 Å². The second-order valence-electron chi connectivity index (χ2n) is 4.74. The minimum atomic E-state index is -0.466. The molecule has 21 heavy (non-hydrogen) atoms. The number of methoxy groups -OCH3 is 1. The van der Waals surface area contributed by atoms with Crippen LogP contribution in [0.4, 0.5) is 10.1 Å². The van der Waals surface area contributed by atoms with E-state index in [2.05, 4.69) is 5.32 Å². The van der Waals surface area contributed by atoms with E-state index in [-0.39, 0.29) is 17.2 Å². The van der Waals surface area contributed by atoms with Crippen molar-refractivity contribution in [3.63, 3.8) is 0 Å². The van der Waals surface area contributed by atoms with Gasteiger partial charge in [0.2, 0.25) is 0 Å². The molecule has 0 saturated heterocycles. The zero-order valence-electron chi connectivity index (χ0n) is 12.6. The molecule has 0 fully saturated rings. The van der Waals surface area contributed by atoms with E-state index in [1.54, 1.807) is 14.0 Å². The molecule has 118 valence electrons. The van der Waals surface area contributed by atoms with Gasteiger partial charge < -0.3 is 20.5 Å². The number of halogens is 1. The van der Waals surface area contributed by atoms with E-state index >= 15 is 0 Å². The molecule has 0 aliphatic carbocycles. The van der Waals surface area contributed by atoms with Gasteiger partial charge in [0.25, 0.3) is 5.91 Å². The van der Waals surface area contributed by atoms with Gasteiger partial charge in [0, 0.05) is 37.1 Å². The number of nitrogen functional groups attached to an aromatic ring is 1. The van der Waals surface area contributed by atoms with Crippen molar-refractivity contribution in [2.45, 2.75) is 19.8 Å². The molecule has 0 unspecified atom stereocenters. The van der Waals surface area contributed by atoms with Gasteiger partial charge in [0.15, 0.2) is 0 Å². The first-order valence-corrected chi connectivity index (χ1v) is 6.96. The van der Waals surface area contributed by atoms with Gasteiger partial charge in [-0.1, -0.05) is 0 Å². The second kappa shape index (κ2) is 9.31. The van der Waals surface area contributed by atoms with E-state index in [1.807, 2.05) is 0 Å². The van der Waals surface area contributed by atoms with E-state index in [9.17, 15) is 9.18 Å². The highest BCUT2D eigenvalue weighted by molar-refractivity contribution is 5.95. The number of anilines is 1. The predicted octanol–water partition coefficient (Wildman–Crippen LogP) is 1.89. The molecule has 1 aromatic carbocycles. The molecule has 0 aliphatic rings. The molecule has 1 rings (SSSR count). The van der Waals surface area contributed by atoms with Crippen LogP contribution < -0.4 is 11.1 Å². The van der Waals surface area contributed by atoms with E-state index in [4.69, 9.17) is 15.2 Å². The van der Waals surface area contributed by atoms with Gasteiger partial charge >= 0.3 is 0 Å². The standard InChI is InChI=1S/C15H23FN2O3/c1-11-13(16)9-12(10-14(11)17)15(19)18-5-3-4-6-21-8-7-20-2/h9-10H,3-8,17H2,1-2H3,(H,18,19). The summed E-state index contributed by atoms with van der Waals surface area (Å²) < 4.78 is 23.7. The molecule has 6 heteroatoms. The molecule has 1 aromatic rings. The molecule has 0 aromatic heterocycles. The summed E-state index contributed by atoms with van der Waals surface area (Å²) in [5, 5.41) is 2.73. The van der Waals surface area contributed by atoms with Crippen LogP contribution in [-0.2, 0) is 9.47 Å². The van der Waals surface area contributed by atoms with Crippen LogP contribution in [0, 0.1) is 12.7 Å². The number of carbonyl (C=O) groups is 1. The minimum Gasteiger partial charge on any atom is -0.398 e. The largest absolute Gasteiger partial charge is 0.398 e. The Morgan fingerprint density at radius 3 is 2.71 bits per heavy atom. The van der Waals surface area contributed by atoms with Crippen molar-refractivity contribution in [1.82, 2.24) is 5.32 Å². The normalized spacial score (nSPS) is 10.6. The van der Waals surface area contributed by atoms with Crippen LogP contribution in [0.1, 0.15) is 28.8 Å². The lowest BCUT2D eigenvalue weighted by atomic mass is 10.1. The summed E-state index contributed by atoms with van der Waals surface area (Å²) in [5.74, 6) is -0.785. The minimum absolute atomic E-state index is 0.243. The van der Waals surface area contributed by atoms with Crippen LogP contribution in [0.3, 0.4) is 0 Å². The SMILES string of the molecule is COCCOCCCCNC(=O)c1cc(N)c(C)c(F)c1. The smallest absolute Gasteiger partial charge is 0.251 e. The summed E-state index contributed by atoms with van der Waals surface area (Å²) in [6.45, 7) is 3.88. The van der Waals surface area contributed by atoms with Crippen molar-refractivity contribution in [2.24, 2.45) is 0 Å². The zero-order chi connectivity index (χ0) is 15.7. The van der Waals surface area contributed by atoms with Gasteiger partial charge in [0.05, 0.1) is 13.2 Å². The second-order valence-corrected chi connectivity index (χ2v) is 4.74. The quantitative estimate of drug-likeness (QED) is 0.539. The number of hydrogen-bond acceptors (Lipinski definition) is 4. The highest BCUT2D eigenvalue weighted by atomic mass is 19.1. The first-order chi connectivity index (χ1) is 10.1. The highest BCUT2D eigenvalue weighted by Gasteiger charge is 2.10. The molecule has 0 bridgehead atoms. The maximum Gasteiger partial charge on any atom is 0.251 e. The van der Waals surface area contributed by atoms with Crippen LogP contribution in [-0.4, -0.2) is 39.4 Å². The lowest BCUT2D eigenvalue weighted by Gasteiger charge is -2.08. The molecule has 0 spiro atoms. The van der Waals surface area contributed by atoms with E-state index < -0.39 is 5.82 Å². The molecule has 0 atom stereocenters. The van der Waals surface area contributed by atoms with Gasteiger partial charge in [-0.2, -0.15) is 0 Å². The average Bonchev–Trinajstić information content (AvgIpc) is 2.46. The third-order valence-corrected chi connectivity index (χ3v) is 3.08. The lowest BCUT2D eigenvalue weighted by Crippen LogP contribution is -2.25. The first kappa shape index (κ1) is 17.4. The number of benzene rings is 1. The Hall–Kier alpha value is -1.66. The maximum atomic E-state index is 13.5. The molecule has 0 radical (unpaired) electrons. The number of carbonyl (C=O) groups excluding carboxylic acids is 1. The van der Waals surface area contributed by atoms with Gasteiger partial charge in [-0.25, -0.2) is 4.39 Å². The average molecular weight is 298 g/mol. The Bertz CT molecular complexity index is 443. The fourth-order valence-corrected chi connectivity index (χ4v) is 1.71. The van der Waals surface area contributed by atoms with E-state index in [0.717, 1.165) is 12.8 Å². The number of ether oxygens (including phenoxy) is 2. The van der Waals surface area contributed by atoms with Gasteiger partial charge in [-0.3, -0.25) is 4.79 Å². The maximum absolute atomic E-state index is 13.5. The third kappa shape index (κ3) is 6.10. The molecule has 5 nitrogen and oxygen atoms in total. The molecule has 1 amide bonds. The molecule has 3 N–H and O–H groups in total. The van der Waals surface area contributed by atoms with Crippen molar-refractivity contribution in [2.75, 3.05) is 39.2 Å². The number of hydrogen-bond donors (Lipinski definition) is 2. The van der Waals surface area contributed by atoms with Crippen LogP contribution in [0.2, 0.25) is 0 Å². The predicted molar refractivity (Wildman–Crippen MR) is 79.8 cm³/mol. The summed E-state index contributed by atoms with van der Waals surface area (Å²) >= 11 is 0. The van der Waals surface area contributed by atoms with Crippen molar-refractivity contribution >= 4 is 11.6 Å². The molecular weight excluding hydrogens is 275 g/mol. The van der Waals surface area contributed by atoms with E-state index in [0.29, 0.717) is 31.9 Å². The van der Waals surface area contributed by atoms with Crippen LogP contribution in [0.5, 0.6) is 0 Å². The number of rotatable bonds is 9. The molecule has 0 aliphatic heterocycles. The highest BCUT2D eigenvalue weighted by Crippen LogP contribution is 2.17. The Balaban J connectivity index is 2.25. The summed E-state index contributed by atoms with van der Waals surface area (Å²) in [7, 11) is 1.62. The van der Waals surface area contributed by atoms with E-state index in [1.165, 1.54) is 12.1 Å². The van der Waals surface area contributed by atoms with Crippen LogP contribution >= 0.6 is 0 Å². The van der Waals surface area contributed by atoms with Crippen molar-refractivity contribution < 1.29 is 18.7 Å². The number of nitrogens with two attached hydrogens (primary N) is 1. The summed E-state index contributed by atoms with van der Waals surface area (Å²) in [6, 6.07) is 2.69. The molecule has 0 heterocycles. The van der Waals surface area contributed by atoms with Gasteiger partial charge in [-0.15, -0.1) is 0 Å². The van der Waals surface area contributed by atoms with Crippen molar-refractivity contribution in [3.8, 4) is 0 Å². The first-order valence-electron chi connectivity index (χ1n) is 6.96.